The maximum absolute atomic E-state index is 5.20. The van der Waals surface area contributed by atoms with Crippen molar-refractivity contribution in [2.75, 3.05) is 0 Å². The number of ether oxygens (including phenoxy) is 1. The summed E-state index contributed by atoms with van der Waals surface area (Å²) in [5.74, 6) is 0.715. The van der Waals surface area contributed by atoms with Crippen LogP contribution in [0.1, 0.15) is 13.8 Å². The first-order chi connectivity index (χ1) is 6.21. The topological polar surface area (TPSA) is 34.0 Å². The molecule has 13 heavy (non-hydrogen) atoms. The Morgan fingerprint density at radius 3 is 2.31 bits per heavy atom. The molecule has 70 valence electrons. The average molecular weight is 518 g/mol. The van der Waals surface area contributed by atoms with E-state index in [4.69, 9.17) is 4.74 Å². The van der Waals surface area contributed by atoms with Crippen LogP contribution < -0.4 is 0 Å². The van der Waals surface area contributed by atoms with E-state index in [-0.39, 0.29) is 0 Å². The van der Waals surface area contributed by atoms with Crippen molar-refractivity contribution in [1.29, 1.82) is 0 Å². The fourth-order valence-corrected chi connectivity index (χ4v) is 1.79. The predicted octanol–water partition coefficient (Wildman–Crippen LogP) is 2.74. The molecular formula is C8H10N2OW2. The van der Waals surface area contributed by atoms with Gasteiger partial charge in [0.2, 0.25) is 0 Å². The zero-order valence-electron chi connectivity index (χ0n) is 7.48. The maximum atomic E-state index is 5.20. The molecule has 0 spiro atoms. The Labute approximate surface area is 100 Å². The number of hydrogen-bond donors (Lipinski definition) is 0. The summed E-state index contributed by atoms with van der Waals surface area (Å²) >= 11 is 2.30. The third-order valence-corrected chi connectivity index (χ3v) is 2.92. The molecule has 0 unspecified atom stereocenters. The molecule has 0 radical (unpaired) electrons. The van der Waals surface area contributed by atoms with E-state index in [0.29, 0.717) is 5.76 Å². The molecule has 3 nitrogen and oxygen atoms in total. The molecule has 0 rings (SSSR count). The Morgan fingerprint density at radius 1 is 1.38 bits per heavy atom. The molecule has 0 heterocycles. The molecule has 0 fully saturated rings. The van der Waals surface area contributed by atoms with Crippen molar-refractivity contribution in [3.63, 3.8) is 0 Å². The molecule has 0 aromatic heterocycles. The van der Waals surface area contributed by atoms with Crippen LogP contribution in [0.15, 0.2) is 43.1 Å². The molecule has 0 aliphatic carbocycles. The Balaban J connectivity index is 5.06. The first-order valence-electron chi connectivity index (χ1n) is 3.53. The van der Waals surface area contributed by atoms with E-state index in [9.17, 15) is 0 Å². The summed E-state index contributed by atoms with van der Waals surface area (Å²) in [4.78, 5) is 0. The Morgan fingerprint density at radius 2 is 2.00 bits per heavy atom. The third kappa shape index (κ3) is 4.15. The van der Waals surface area contributed by atoms with Crippen LogP contribution >= 0.6 is 0 Å². The molecule has 0 N–H and O–H groups in total. The van der Waals surface area contributed by atoms with Crippen LogP contribution in [0.4, 0.5) is 0 Å². The molecule has 0 atom stereocenters. The fraction of sp³-hybridized carbons (Fsp3) is 0.250. The van der Waals surface area contributed by atoms with Crippen LogP contribution in [0, 0.1) is 0 Å². The summed E-state index contributed by atoms with van der Waals surface area (Å²) < 4.78 is 13.5. The van der Waals surface area contributed by atoms with Crippen LogP contribution in [-0.4, -0.2) is 0 Å². The summed E-state index contributed by atoms with van der Waals surface area (Å²) in [6.45, 7) is 7.32. The van der Waals surface area contributed by atoms with Gasteiger partial charge in [0.05, 0.1) is 0 Å². The third-order valence-electron chi connectivity index (χ3n) is 1.28. The molecule has 0 amide bonds. The first-order valence-corrected chi connectivity index (χ1v) is 6.15. The van der Waals surface area contributed by atoms with Crippen LogP contribution in [0.3, 0.4) is 0 Å². The van der Waals surface area contributed by atoms with Crippen LogP contribution in [0.2, 0.25) is 0 Å². The quantitative estimate of drug-likeness (QED) is 0.408. The summed E-state index contributed by atoms with van der Waals surface area (Å²) in [6.07, 6.45) is 3.25. The van der Waals surface area contributed by atoms with Crippen LogP contribution in [-0.2, 0) is 44.0 Å². The van der Waals surface area contributed by atoms with Crippen molar-refractivity contribution < 1.29 is 44.0 Å². The van der Waals surface area contributed by atoms with Gasteiger partial charge in [-0.05, 0) is 0 Å². The van der Waals surface area contributed by atoms with Crippen molar-refractivity contribution in [3.05, 3.63) is 36.1 Å². The standard InChI is InChI=1S/C8H10N2O.2W/c1-4-7(11-5-2)8(10)6(3)9;;/h4-5H,2H2,1,3H3;;. The molecule has 0 bridgehead atoms. The zero-order chi connectivity index (χ0) is 10.3. The second-order valence-electron chi connectivity index (χ2n) is 2.05. The van der Waals surface area contributed by atoms with Gasteiger partial charge in [0.15, 0.2) is 0 Å². The molecule has 0 saturated heterocycles. The van der Waals surface area contributed by atoms with Gasteiger partial charge >= 0.3 is 101 Å². The van der Waals surface area contributed by atoms with Gasteiger partial charge < -0.3 is 0 Å². The number of rotatable bonds is 5. The normalized spacial score (nSPS) is 12.9. The minimum atomic E-state index is 0.715. The van der Waals surface area contributed by atoms with E-state index in [1.54, 1.807) is 0 Å². The van der Waals surface area contributed by atoms with Crippen LogP contribution in [0.5, 0.6) is 0 Å². The van der Waals surface area contributed by atoms with Gasteiger partial charge in [-0.25, -0.2) is 0 Å². The van der Waals surface area contributed by atoms with Crippen molar-refractivity contribution >= 4 is 0 Å². The second-order valence-corrected chi connectivity index (χ2v) is 3.37. The van der Waals surface area contributed by atoms with Gasteiger partial charge in [-0.2, -0.15) is 0 Å². The van der Waals surface area contributed by atoms with Gasteiger partial charge in [0.25, 0.3) is 0 Å². The SMILES string of the molecule is C=COC(=CC)C([N]=[W])=C(C)[N]=[W]. The van der Waals surface area contributed by atoms with E-state index in [1.165, 1.54) is 6.26 Å². The summed E-state index contributed by atoms with van der Waals surface area (Å²) in [7, 11) is 0. The van der Waals surface area contributed by atoms with E-state index in [0.717, 1.165) is 50.7 Å². The number of nitrogens with zero attached hydrogens (tertiary/aromatic N) is 2. The van der Waals surface area contributed by atoms with E-state index < -0.39 is 0 Å². The number of hydrogen-bond acceptors (Lipinski definition) is 3. The van der Waals surface area contributed by atoms with Gasteiger partial charge in [0.1, 0.15) is 0 Å². The molecule has 0 aromatic rings. The first kappa shape index (κ1) is 13.0. The van der Waals surface area contributed by atoms with Crippen molar-refractivity contribution in [2.45, 2.75) is 13.8 Å². The molecule has 0 aliphatic heterocycles. The van der Waals surface area contributed by atoms with Crippen LogP contribution in [0.25, 0.3) is 0 Å². The van der Waals surface area contributed by atoms with Gasteiger partial charge in [-0.3, -0.25) is 0 Å². The van der Waals surface area contributed by atoms with Gasteiger partial charge in [-0.1, -0.05) is 0 Å². The number of allylic oxidation sites excluding steroid dienone is 2. The average Bonchev–Trinajstić information content (AvgIpc) is 2.17. The summed E-state index contributed by atoms with van der Waals surface area (Å²) in [6, 6.07) is 0. The molecule has 0 saturated carbocycles. The fourth-order valence-electron chi connectivity index (χ4n) is 0.683. The molecule has 0 aliphatic rings. The monoisotopic (exact) mass is 518 g/mol. The summed E-state index contributed by atoms with van der Waals surface area (Å²) in [5.41, 5.74) is 1.72. The van der Waals surface area contributed by atoms with Gasteiger partial charge in [-0.15, -0.1) is 0 Å². The summed E-state index contributed by atoms with van der Waals surface area (Å²) in [5, 5.41) is 0. The Hall–Kier alpha value is -0.00338. The Bertz CT molecular complexity index is 282. The van der Waals surface area contributed by atoms with E-state index in [1.807, 2.05) is 19.9 Å². The molecule has 0 aromatic carbocycles. The van der Waals surface area contributed by atoms with Crippen molar-refractivity contribution in [2.24, 2.45) is 6.99 Å². The Kier molecular flexibility index (Phi) is 7.40. The zero-order valence-corrected chi connectivity index (χ0v) is 13.3. The van der Waals surface area contributed by atoms with E-state index in [2.05, 4.69) is 13.6 Å². The van der Waals surface area contributed by atoms with Crippen molar-refractivity contribution in [3.8, 4) is 0 Å². The minimum absolute atomic E-state index is 0.715. The van der Waals surface area contributed by atoms with Crippen molar-refractivity contribution in [1.82, 2.24) is 0 Å². The molecular weight excluding hydrogens is 508 g/mol. The predicted molar refractivity (Wildman–Crippen MR) is 42.6 cm³/mol. The molecule has 5 heteroatoms. The second kappa shape index (κ2) is 7.41. The van der Waals surface area contributed by atoms with Gasteiger partial charge in [0, 0.05) is 0 Å². The van der Waals surface area contributed by atoms with E-state index >= 15 is 0 Å².